The second-order valence-corrected chi connectivity index (χ2v) is 7.27. The number of pyridine rings is 1. The first-order chi connectivity index (χ1) is 13.7. The molecule has 0 radical (unpaired) electrons. The molecule has 2 aliphatic heterocycles. The fourth-order valence-electron chi connectivity index (χ4n) is 3.93. The van der Waals surface area contributed by atoms with Gasteiger partial charge in [0.25, 0.3) is 5.91 Å². The van der Waals surface area contributed by atoms with Gasteiger partial charge in [0.15, 0.2) is 0 Å². The van der Waals surface area contributed by atoms with Gasteiger partial charge in [-0.1, -0.05) is 30.3 Å². The van der Waals surface area contributed by atoms with E-state index in [9.17, 15) is 9.90 Å². The number of aliphatic hydroxyl groups is 1. The molecule has 1 aromatic heterocycles. The van der Waals surface area contributed by atoms with Gasteiger partial charge in [-0.3, -0.25) is 4.79 Å². The van der Waals surface area contributed by atoms with Gasteiger partial charge in [0, 0.05) is 25.8 Å². The molecule has 4 rings (SSSR count). The fraction of sp³-hybridized carbons (Fsp3) is 0.429. The lowest BCUT2D eigenvalue weighted by molar-refractivity contribution is 0.0289. The number of aliphatic hydroxyl groups excluding tert-OH is 1. The van der Waals surface area contributed by atoms with Crippen LogP contribution in [0.25, 0.3) is 0 Å². The van der Waals surface area contributed by atoms with Gasteiger partial charge < -0.3 is 25.4 Å². The number of morpholine rings is 1. The molecule has 7 nitrogen and oxygen atoms in total. The van der Waals surface area contributed by atoms with Crippen LogP contribution in [0.2, 0.25) is 0 Å². The summed E-state index contributed by atoms with van der Waals surface area (Å²) in [7, 11) is 0. The van der Waals surface area contributed by atoms with E-state index in [2.05, 4.69) is 20.5 Å². The number of nitrogens with one attached hydrogen (secondary N) is 2. The number of hydrogen-bond donors (Lipinski definition) is 3. The minimum Gasteiger partial charge on any atom is -0.389 e. The van der Waals surface area contributed by atoms with Gasteiger partial charge >= 0.3 is 0 Å². The normalized spacial score (nSPS) is 25.3. The van der Waals surface area contributed by atoms with Crippen LogP contribution in [0, 0.1) is 0 Å². The zero-order valence-electron chi connectivity index (χ0n) is 15.8. The van der Waals surface area contributed by atoms with Gasteiger partial charge in [0.2, 0.25) is 0 Å². The first-order valence-corrected chi connectivity index (χ1v) is 9.75. The number of carbonyl (C=O) groups excluding carboxylic acids is 1. The van der Waals surface area contributed by atoms with Crippen LogP contribution < -0.4 is 15.5 Å². The highest BCUT2D eigenvalue weighted by atomic mass is 16.5. The molecular weight excluding hydrogens is 356 g/mol. The number of hydrogen-bond acceptors (Lipinski definition) is 6. The van der Waals surface area contributed by atoms with Crippen molar-refractivity contribution in [3.8, 4) is 0 Å². The molecule has 2 aliphatic rings. The summed E-state index contributed by atoms with van der Waals surface area (Å²) in [5.41, 5.74) is 0.584. The van der Waals surface area contributed by atoms with E-state index >= 15 is 0 Å². The Morgan fingerprint density at radius 2 is 2.00 bits per heavy atom. The first-order valence-electron chi connectivity index (χ1n) is 9.75. The third-order valence-corrected chi connectivity index (χ3v) is 5.57. The standard InChI is InChI=1S/C21H26N4O3/c26-18-15-22-9-8-21(18,17-4-2-1-3-5-17)24-20(27)16-6-7-19(23-14-16)25-10-12-28-13-11-25/h1-7,14,18,22,26H,8-13,15H2,(H,24,27)/t18-,21+/m1/s1. The second-order valence-electron chi connectivity index (χ2n) is 7.27. The lowest BCUT2D eigenvalue weighted by atomic mass is 9.79. The van der Waals surface area contributed by atoms with Crippen LogP contribution in [-0.2, 0) is 10.3 Å². The number of β-amino-alcohol motifs (C(OH)–C–C–N with tert-alkyl or cyclic N) is 1. The lowest BCUT2D eigenvalue weighted by Gasteiger charge is -2.43. The molecule has 2 aromatic rings. The SMILES string of the molecule is O=C(N[C@]1(c2ccccc2)CCNC[C@H]1O)c1ccc(N2CCOCC2)nc1. The third kappa shape index (κ3) is 3.73. The van der Waals surface area contributed by atoms with Gasteiger partial charge in [-0.2, -0.15) is 0 Å². The van der Waals surface area contributed by atoms with Crippen molar-refractivity contribution < 1.29 is 14.6 Å². The summed E-state index contributed by atoms with van der Waals surface area (Å²) >= 11 is 0. The predicted octanol–water partition coefficient (Wildman–Crippen LogP) is 0.898. The Hall–Kier alpha value is -2.48. The maximum Gasteiger partial charge on any atom is 0.253 e. The van der Waals surface area contributed by atoms with Crippen molar-refractivity contribution >= 4 is 11.7 Å². The third-order valence-electron chi connectivity index (χ3n) is 5.57. The van der Waals surface area contributed by atoms with Crippen LogP contribution in [0.1, 0.15) is 22.3 Å². The van der Waals surface area contributed by atoms with Crippen LogP contribution in [0.5, 0.6) is 0 Å². The van der Waals surface area contributed by atoms with E-state index in [1.807, 2.05) is 36.4 Å². The molecule has 0 unspecified atom stereocenters. The number of nitrogens with zero attached hydrogens (tertiary/aromatic N) is 2. The quantitative estimate of drug-likeness (QED) is 0.728. The number of benzene rings is 1. The van der Waals surface area contributed by atoms with E-state index in [0.717, 1.165) is 31.0 Å². The van der Waals surface area contributed by atoms with Crippen molar-refractivity contribution in [3.05, 3.63) is 59.8 Å². The molecule has 2 fully saturated rings. The topological polar surface area (TPSA) is 86.7 Å². The maximum atomic E-state index is 13.0. The van der Waals surface area contributed by atoms with Crippen LogP contribution in [-0.4, -0.2) is 61.5 Å². The smallest absolute Gasteiger partial charge is 0.253 e. The monoisotopic (exact) mass is 382 g/mol. The van der Waals surface area contributed by atoms with E-state index in [0.29, 0.717) is 31.7 Å². The average Bonchev–Trinajstić information content (AvgIpc) is 2.77. The molecule has 2 saturated heterocycles. The molecule has 0 aliphatic carbocycles. The van der Waals surface area contributed by atoms with E-state index in [4.69, 9.17) is 4.74 Å². The van der Waals surface area contributed by atoms with E-state index in [-0.39, 0.29) is 5.91 Å². The zero-order valence-corrected chi connectivity index (χ0v) is 15.8. The number of rotatable bonds is 4. The Labute approximate surface area is 164 Å². The van der Waals surface area contributed by atoms with Crippen molar-refractivity contribution in [2.75, 3.05) is 44.3 Å². The highest BCUT2D eigenvalue weighted by molar-refractivity contribution is 5.94. The van der Waals surface area contributed by atoms with Gasteiger partial charge in [-0.05, 0) is 30.7 Å². The molecule has 3 N–H and O–H groups in total. The Bertz CT molecular complexity index is 793. The minimum atomic E-state index is -0.813. The summed E-state index contributed by atoms with van der Waals surface area (Å²) in [6.07, 6.45) is 1.50. The summed E-state index contributed by atoms with van der Waals surface area (Å²) in [6.45, 7) is 4.14. The number of aromatic nitrogens is 1. The molecule has 3 heterocycles. The van der Waals surface area contributed by atoms with Crippen molar-refractivity contribution in [1.29, 1.82) is 0 Å². The average molecular weight is 382 g/mol. The molecule has 0 saturated carbocycles. The van der Waals surface area contributed by atoms with Gasteiger partial charge in [-0.25, -0.2) is 4.98 Å². The Morgan fingerprint density at radius 1 is 1.21 bits per heavy atom. The molecule has 0 bridgehead atoms. The Balaban J connectivity index is 1.54. The molecule has 2 atom stereocenters. The van der Waals surface area contributed by atoms with Gasteiger partial charge in [0.05, 0.1) is 30.4 Å². The minimum absolute atomic E-state index is 0.231. The van der Waals surface area contributed by atoms with Crippen LogP contribution in [0.3, 0.4) is 0 Å². The fourth-order valence-corrected chi connectivity index (χ4v) is 3.93. The van der Waals surface area contributed by atoms with Crippen molar-refractivity contribution in [1.82, 2.24) is 15.6 Å². The predicted molar refractivity (Wildman–Crippen MR) is 106 cm³/mol. The molecule has 28 heavy (non-hydrogen) atoms. The van der Waals surface area contributed by atoms with Gasteiger partial charge in [0.1, 0.15) is 5.82 Å². The number of piperidine rings is 1. The Morgan fingerprint density at radius 3 is 2.68 bits per heavy atom. The molecule has 148 valence electrons. The van der Waals surface area contributed by atoms with Crippen LogP contribution in [0.15, 0.2) is 48.7 Å². The van der Waals surface area contributed by atoms with Crippen LogP contribution >= 0.6 is 0 Å². The Kier molecular flexibility index (Phi) is 5.57. The highest BCUT2D eigenvalue weighted by Gasteiger charge is 2.42. The molecule has 1 aromatic carbocycles. The summed E-state index contributed by atoms with van der Waals surface area (Å²) in [5.74, 6) is 0.616. The number of amides is 1. The highest BCUT2D eigenvalue weighted by Crippen LogP contribution is 2.31. The van der Waals surface area contributed by atoms with Crippen LogP contribution in [0.4, 0.5) is 5.82 Å². The first kappa shape index (κ1) is 18.9. The van der Waals surface area contributed by atoms with Crippen molar-refractivity contribution in [3.63, 3.8) is 0 Å². The lowest BCUT2D eigenvalue weighted by Crippen LogP contribution is -2.61. The van der Waals surface area contributed by atoms with E-state index in [1.54, 1.807) is 12.3 Å². The van der Waals surface area contributed by atoms with E-state index < -0.39 is 11.6 Å². The summed E-state index contributed by atoms with van der Waals surface area (Å²) in [4.78, 5) is 19.6. The second kappa shape index (κ2) is 8.26. The summed E-state index contributed by atoms with van der Waals surface area (Å²) < 4.78 is 5.37. The summed E-state index contributed by atoms with van der Waals surface area (Å²) in [6, 6.07) is 13.4. The molecule has 7 heteroatoms. The largest absolute Gasteiger partial charge is 0.389 e. The van der Waals surface area contributed by atoms with Gasteiger partial charge in [-0.15, -0.1) is 0 Å². The zero-order chi connectivity index (χ0) is 19.4. The van der Waals surface area contributed by atoms with Crippen molar-refractivity contribution in [2.45, 2.75) is 18.1 Å². The number of ether oxygens (including phenoxy) is 1. The summed E-state index contributed by atoms with van der Waals surface area (Å²) in [5, 5.41) is 17.1. The van der Waals surface area contributed by atoms with E-state index in [1.165, 1.54) is 0 Å². The molecule has 0 spiro atoms. The molecular formula is C21H26N4O3. The maximum absolute atomic E-state index is 13.0. The van der Waals surface area contributed by atoms with Crippen molar-refractivity contribution in [2.24, 2.45) is 0 Å². The number of anilines is 1. The molecule has 1 amide bonds. The number of carbonyl (C=O) groups is 1.